The Morgan fingerprint density at radius 3 is 2.59 bits per heavy atom. The first-order valence-corrected chi connectivity index (χ1v) is 8.78. The minimum atomic E-state index is -0.0736. The molecule has 1 aliphatic rings. The van der Waals surface area contributed by atoms with Gasteiger partial charge in [0.1, 0.15) is 23.4 Å². The molecule has 1 N–H and O–H groups in total. The number of benzene rings is 1. The summed E-state index contributed by atoms with van der Waals surface area (Å²) < 4.78 is 10.5. The molecule has 1 aliphatic heterocycles. The summed E-state index contributed by atoms with van der Waals surface area (Å²) in [5.41, 5.74) is 1.15. The lowest BCUT2D eigenvalue weighted by Crippen LogP contribution is -2.38. The lowest BCUT2D eigenvalue weighted by Gasteiger charge is -2.32. The molecule has 1 saturated heterocycles. The molecule has 2 aromatic rings. The summed E-state index contributed by atoms with van der Waals surface area (Å²) in [5, 5.41) is 11.8. The van der Waals surface area contributed by atoms with Crippen LogP contribution in [-0.4, -0.2) is 38.2 Å². The van der Waals surface area contributed by atoms with Gasteiger partial charge in [-0.15, -0.1) is 0 Å². The fourth-order valence-corrected chi connectivity index (χ4v) is 3.16. The van der Waals surface area contributed by atoms with Crippen molar-refractivity contribution in [3.05, 3.63) is 42.1 Å². The summed E-state index contributed by atoms with van der Waals surface area (Å²) in [6.07, 6.45) is 3.04. The van der Waals surface area contributed by atoms with Gasteiger partial charge in [-0.1, -0.05) is 0 Å². The number of carbonyl (C=O) groups excluding carboxylic acids is 1. The van der Waals surface area contributed by atoms with Gasteiger partial charge in [0, 0.05) is 31.3 Å². The van der Waals surface area contributed by atoms with E-state index < -0.39 is 0 Å². The molecule has 0 saturated carbocycles. The van der Waals surface area contributed by atoms with Crippen molar-refractivity contribution >= 4 is 17.4 Å². The number of rotatable bonds is 5. The summed E-state index contributed by atoms with van der Waals surface area (Å²) >= 11 is 0. The van der Waals surface area contributed by atoms with E-state index in [-0.39, 0.29) is 11.8 Å². The van der Waals surface area contributed by atoms with Crippen molar-refractivity contribution in [2.75, 3.05) is 37.5 Å². The second-order valence-corrected chi connectivity index (χ2v) is 6.33. The highest BCUT2D eigenvalue weighted by Crippen LogP contribution is 2.30. The molecule has 1 fully saturated rings. The first kappa shape index (κ1) is 18.5. The van der Waals surface area contributed by atoms with E-state index in [1.165, 1.54) is 0 Å². The molecule has 0 unspecified atom stereocenters. The maximum absolute atomic E-state index is 12.7. The van der Waals surface area contributed by atoms with E-state index in [2.05, 4.69) is 21.3 Å². The van der Waals surface area contributed by atoms with Crippen molar-refractivity contribution in [2.24, 2.45) is 5.92 Å². The number of pyridine rings is 1. The predicted molar refractivity (Wildman–Crippen MR) is 102 cm³/mol. The fraction of sp³-hybridized carbons (Fsp3) is 0.350. The number of aromatic nitrogens is 1. The van der Waals surface area contributed by atoms with Crippen LogP contribution in [0.2, 0.25) is 0 Å². The number of piperidine rings is 1. The Bertz CT molecular complexity index is 837. The highest BCUT2D eigenvalue weighted by Gasteiger charge is 2.26. The van der Waals surface area contributed by atoms with E-state index >= 15 is 0 Å². The summed E-state index contributed by atoms with van der Waals surface area (Å²) in [6.45, 7) is 1.48. The third-order valence-electron chi connectivity index (χ3n) is 4.73. The van der Waals surface area contributed by atoms with Gasteiger partial charge in [0.05, 0.1) is 25.5 Å². The van der Waals surface area contributed by atoms with Crippen molar-refractivity contribution in [1.82, 2.24) is 4.98 Å². The molecule has 1 amide bonds. The molecule has 3 rings (SSSR count). The second kappa shape index (κ2) is 8.41. The van der Waals surface area contributed by atoms with Crippen LogP contribution in [-0.2, 0) is 4.79 Å². The quantitative estimate of drug-likeness (QED) is 0.875. The maximum Gasteiger partial charge on any atom is 0.227 e. The lowest BCUT2D eigenvalue weighted by atomic mass is 9.95. The Balaban J connectivity index is 1.61. The lowest BCUT2D eigenvalue weighted by molar-refractivity contribution is -0.120. The minimum Gasteiger partial charge on any atom is -0.497 e. The van der Waals surface area contributed by atoms with Crippen LogP contribution < -0.4 is 19.7 Å². The molecule has 140 valence electrons. The second-order valence-electron chi connectivity index (χ2n) is 6.33. The monoisotopic (exact) mass is 366 g/mol. The van der Waals surface area contributed by atoms with Crippen molar-refractivity contribution in [2.45, 2.75) is 12.8 Å². The van der Waals surface area contributed by atoms with Crippen molar-refractivity contribution < 1.29 is 14.3 Å². The minimum absolute atomic E-state index is 0.0195. The number of hydrogen-bond donors (Lipinski definition) is 1. The number of carbonyl (C=O) groups is 1. The summed E-state index contributed by atoms with van der Waals surface area (Å²) in [4.78, 5) is 19.1. The number of methoxy groups -OCH3 is 2. The van der Waals surface area contributed by atoms with Gasteiger partial charge in [-0.2, -0.15) is 5.26 Å². The number of nitriles is 1. The maximum atomic E-state index is 12.7. The molecular formula is C20H22N4O3. The summed E-state index contributed by atoms with van der Waals surface area (Å²) in [6, 6.07) is 11.0. The average molecular weight is 366 g/mol. The molecule has 0 atom stereocenters. The smallest absolute Gasteiger partial charge is 0.227 e. The van der Waals surface area contributed by atoms with Crippen LogP contribution in [0, 0.1) is 17.2 Å². The molecular weight excluding hydrogens is 344 g/mol. The molecule has 27 heavy (non-hydrogen) atoms. The van der Waals surface area contributed by atoms with Gasteiger partial charge in [-0.3, -0.25) is 4.79 Å². The van der Waals surface area contributed by atoms with Gasteiger partial charge in [0.15, 0.2) is 0 Å². The molecule has 1 aromatic carbocycles. The molecule has 7 heteroatoms. The highest BCUT2D eigenvalue weighted by molar-refractivity contribution is 5.94. The van der Waals surface area contributed by atoms with E-state index in [9.17, 15) is 4.79 Å². The molecule has 1 aromatic heterocycles. The molecule has 0 spiro atoms. The van der Waals surface area contributed by atoms with Gasteiger partial charge in [0.25, 0.3) is 0 Å². The normalized spacial score (nSPS) is 14.3. The predicted octanol–water partition coefficient (Wildman–Crippen LogP) is 2.83. The molecule has 0 radical (unpaired) electrons. The number of anilines is 2. The van der Waals surface area contributed by atoms with E-state index in [4.69, 9.17) is 14.7 Å². The van der Waals surface area contributed by atoms with Gasteiger partial charge in [0.2, 0.25) is 5.91 Å². The third kappa shape index (κ3) is 4.29. The largest absolute Gasteiger partial charge is 0.497 e. The first-order valence-electron chi connectivity index (χ1n) is 8.78. The molecule has 2 heterocycles. The van der Waals surface area contributed by atoms with Gasteiger partial charge in [-0.25, -0.2) is 4.98 Å². The van der Waals surface area contributed by atoms with Crippen LogP contribution in [0.15, 0.2) is 36.5 Å². The molecule has 7 nitrogen and oxygen atoms in total. The van der Waals surface area contributed by atoms with E-state index in [0.717, 1.165) is 31.7 Å². The zero-order chi connectivity index (χ0) is 19.2. The SMILES string of the molecule is COc1ccc(OC)c(NC(=O)C2CCN(c3ccc(C#N)cn3)CC2)c1. The Kier molecular flexibility index (Phi) is 5.77. The summed E-state index contributed by atoms with van der Waals surface area (Å²) in [5.74, 6) is 2.00. The Morgan fingerprint density at radius 2 is 2.00 bits per heavy atom. The first-order chi connectivity index (χ1) is 13.1. The van der Waals surface area contributed by atoms with Gasteiger partial charge < -0.3 is 19.7 Å². The van der Waals surface area contributed by atoms with Crippen LogP contribution in [0.4, 0.5) is 11.5 Å². The Hall–Kier alpha value is -3.27. The van der Waals surface area contributed by atoms with Crippen molar-refractivity contribution in [3.8, 4) is 17.6 Å². The number of nitrogens with one attached hydrogen (secondary N) is 1. The van der Waals surface area contributed by atoms with Crippen LogP contribution >= 0.6 is 0 Å². The standard InChI is InChI=1S/C20H22N4O3/c1-26-16-4-5-18(27-2)17(11-16)23-20(25)15-7-9-24(10-8-15)19-6-3-14(12-21)13-22-19/h3-6,11,13,15H,7-10H2,1-2H3,(H,23,25). The highest BCUT2D eigenvalue weighted by atomic mass is 16.5. The van der Waals surface area contributed by atoms with Crippen LogP contribution in [0.3, 0.4) is 0 Å². The van der Waals surface area contributed by atoms with Crippen LogP contribution in [0.5, 0.6) is 11.5 Å². The number of nitrogens with zero attached hydrogens (tertiary/aromatic N) is 3. The topological polar surface area (TPSA) is 87.5 Å². The number of hydrogen-bond acceptors (Lipinski definition) is 6. The molecule has 0 bridgehead atoms. The molecule has 0 aliphatic carbocycles. The van der Waals surface area contributed by atoms with Crippen LogP contribution in [0.25, 0.3) is 0 Å². The Morgan fingerprint density at radius 1 is 1.22 bits per heavy atom. The number of ether oxygens (including phenoxy) is 2. The van der Waals surface area contributed by atoms with Crippen LogP contribution in [0.1, 0.15) is 18.4 Å². The van der Waals surface area contributed by atoms with Gasteiger partial charge >= 0.3 is 0 Å². The fourth-order valence-electron chi connectivity index (χ4n) is 3.16. The van der Waals surface area contributed by atoms with Crippen molar-refractivity contribution in [1.29, 1.82) is 5.26 Å². The summed E-state index contributed by atoms with van der Waals surface area (Å²) in [7, 11) is 3.15. The van der Waals surface area contributed by atoms with E-state index in [1.807, 2.05) is 6.07 Å². The third-order valence-corrected chi connectivity index (χ3v) is 4.73. The van der Waals surface area contributed by atoms with Gasteiger partial charge in [-0.05, 0) is 37.1 Å². The average Bonchev–Trinajstić information content (AvgIpc) is 2.73. The Labute approximate surface area is 158 Å². The van der Waals surface area contributed by atoms with Crippen molar-refractivity contribution in [3.63, 3.8) is 0 Å². The van der Waals surface area contributed by atoms with E-state index in [0.29, 0.717) is 22.7 Å². The van der Waals surface area contributed by atoms with E-state index in [1.54, 1.807) is 44.7 Å². The zero-order valence-corrected chi connectivity index (χ0v) is 15.4. The zero-order valence-electron chi connectivity index (χ0n) is 15.4. The number of amides is 1.